The molecule has 0 bridgehead atoms. The molecule has 9 N–H and O–H groups in total. The maximum Gasteiger partial charge on any atom is 0.326 e. The van der Waals surface area contributed by atoms with Crippen LogP contribution < -0.4 is 32.7 Å². The summed E-state index contributed by atoms with van der Waals surface area (Å²) in [5.41, 5.74) is 12.0. The fourth-order valence-electron chi connectivity index (χ4n) is 5.99. The first-order chi connectivity index (χ1) is 27.9. The van der Waals surface area contributed by atoms with E-state index in [9.17, 15) is 33.9 Å². The van der Waals surface area contributed by atoms with Gasteiger partial charge in [0.25, 0.3) is 0 Å². The van der Waals surface area contributed by atoms with Crippen LogP contribution in [0.1, 0.15) is 56.7 Å². The number of nitrogens with zero attached hydrogens (tertiary/aromatic N) is 5. The smallest absolute Gasteiger partial charge is 0.326 e. The van der Waals surface area contributed by atoms with Crippen LogP contribution >= 0.6 is 12.6 Å². The molecule has 1 aromatic heterocycles. The quantitative estimate of drug-likeness (QED) is 0.0221. The number of amides is 5. The highest BCUT2D eigenvalue weighted by atomic mass is 32.1. The van der Waals surface area contributed by atoms with E-state index in [0.717, 1.165) is 12.0 Å². The Morgan fingerprint density at radius 2 is 1.72 bits per heavy atom. The van der Waals surface area contributed by atoms with Gasteiger partial charge >= 0.3 is 5.97 Å². The lowest BCUT2D eigenvalue weighted by molar-refractivity contribution is -0.145. The summed E-state index contributed by atoms with van der Waals surface area (Å²) in [5.74, 6) is -4.45. The zero-order chi connectivity index (χ0) is 42.3. The molecule has 0 aliphatic carbocycles. The van der Waals surface area contributed by atoms with Gasteiger partial charge in [0.2, 0.25) is 29.5 Å². The molecular weight excluding hydrogens is 775 g/mol. The number of aliphatic carboxylic acids is 1. The number of thiol groups is 1. The molecule has 5 amide bonds. The number of aliphatic imine (C=N–C) groups is 1. The third-order valence-electron chi connectivity index (χ3n) is 8.96. The minimum absolute atomic E-state index is 0.0446. The van der Waals surface area contributed by atoms with Gasteiger partial charge in [-0.15, -0.1) is 5.10 Å². The van der Waals surface area contributed by atoms with E-state index >= 15 is 0 Å². The van der Waals surface area contributed by atoms with E-state index in [0.29, 0.717) is 51.5 Å². The zero-order valence-electron chi connectivity index (χ0n) is 32.8. The van der Waals surface area contributed by atoms with Gasteiger partial charge in [-0.25, -0.2) is 9.48 Å². The summed E-state index contributed by atoms with van der Waals surface area (Å²) in [7, 11) is 0. The van der Waals surface area contributed by atoms with Crippen molar-refractivity contribution in [1.82, 2.24) is 41.2 Å². The molecule has 58 heavy (non-hydrogen) atoms. The van der Waals surface area contributed by atoms with Gasteiger partial charge < -0.3 is 52.2 Å². The number of hydrogen-bond donors (Lipinski definition) is 8. The number of nitrogens with two attached hydrogens (primary N) is 2. The summed E-state index contributed by atoms with van der Waals surface area (Å²) in [6, 6.07) is 4.41. The summed E-state index contributed by atoms with van der Waals surface area (Å²) in [6.07, 6.45) is 4.19. The van der Waals surface area contributed by atoms with E-state index in [1.165, 1.54) is 4.90 Å². The molecule has 1 aliphatic heterocycles. The number of rotatable bonds is 27. The molecule has 1 aliphatic rings. The molecule has 320 valence electrons. The molecule has 21 heteroatoms. The normalized spacial score (nSPS) is 15.1. The van der Waals surface area contributed by atoms with Crippen LogP contribution in [0.15, 0.2) is 41.5 Å². The van der Waals surface area contributed by atoms with Crippen LogP contribution in [0.25, 0.3) is 0 Å². The molecule has 1 saturated heterocycles. The zero-order valence-corrected chi connectivity index (χ0v) is 33.7. The van der Waals surface area contributed by atoms with E-state index in [1.807, 2.05) is 6.92 Å². The second kappa shape index (κ2) is 25.9. The van der Waals surface area contributed by atoms with Crippen LogP contribution in [0, 0.1) is 0 Å². The molecule has 3 rings (SSSR count). The predicted molar refractivity (Wildman–Crippen MR) is 215 cm³/mol. The highest BCUT2D eigenvalue weighted by Crippen LogP contribution is 2.20. The fourth-order valence-corrected chi connectivity index (χ4v) is 6.25. The van der Waals surface area contributed by atoms with Gasteiger partial charge in [0.15, 0.2) is 5.96 Å². The van der Waals surface area contributed by atoms with Crippen LogP contribution in [0.2, 0.25) is 0 Å². The maximum absolute atomic E-state index is 14.1. The number of hydrogen-bond acceptors (Lipinski definition) is 12. The van der Waals surface area contributed by atoms with Crippen molar-refractivity contribution in [2.75, 3.05) is 51.8 Å². The maximum atomic E-state index is 14.1. The van der Waals surface area contributed by atoms with E-state index in [4.69, 9.17) is 20.9 Å². The van der Waals surface area contributed by atoms with Crippen LogP contribution in [0.4, 0.5) is 0 Å². The summed E-state index contributed by atoms with van der Waals surface area (Å²) >= 11 is 4.24. The van der Waals surface area contributed by atoms with Gasteiger partial charge in [0, 0.05) is 50.9 Å². The van der Waals surface area contributed by atoms with Crippen LogP contribution in [-0.4, -0.2) is 142 Å². The molecular formula is C37H57N11O9S. The summed E-state index contributed by atoms with van der Waals surface area (Å²) in [6.45, 7) is 4.63. The molecule has 2 aromatic rings. The number of carbonyl (C=O) groups excluding carboxylic acids is 5. The fraction of sp³-hybridized carbons (Fsp3) is 0.595. The Balaban J connectivity index is 1.53. The number of guanidine groups is 1. The van der Waals surface area contributed by atoms with Gasteiger partial charge in [0.1, 0.15) is 24.2 Å². The standard InChI is InChI=1S/C37H57N11O9S/c1-2-17-56-19-20-57-18-16-47-23-26(45-46-47)12-13-31(49)41-22-32(50)42-29(24-58)33(51)44-28(21-25-8-4-3-5-9-25)35(53)48-15-7-11-30(48)34(52)43-27(36(54)55)10-6-14-40-37(38)39/h3-5,8-9,23,27-30,58H,2,6-7,10-22,24H2,1H3,(H,41,49)(H,42,50)(H,43,52)(H,44,51)(H,54,55)(H4,38,39,40)/t27-,28-,29-,30-/m0/s1. The average molecular weight is 832 g/mol. The highest BCUT2D eigenvalue weighted by Gasteiger charge is 2.39. The third kappa shape index (κ3) is 17.1. The Kier molecular flexibility index (Phi) is 21.0. The van der Waals surface area contributed by atoms with Crippen molar-refractivity contribution in [2.24, 2.45) is 16.5 Å². The lowest BCUT2D eigenvalue weighted by Gasteiger charge is -2.30. The Morgan fingerprint density at radius 1 is 0.983 bits per heavy atom. The monoisotopic (exact) mass is 831 g/mol. The molecule has 2 heterocycles. The number of ether oxygens (including phenoxy) is 2. The van der Waals surface area contributed by atoms with Crippen LogP contribution in [0.5, 0.6) is 0 Å². The van der Waals surface area contributed by atoms with E-state index in [1.54, 1.807) is 41.2 Å². The summed E-state index contributed by atoms with van der Waals surface area (Å²) < 4.78 is 12.5. The highest BCUT2D eigenvalue weighted by molar-refractivity contribution is 7.80. The minimum Gasteiger partial charge on any atom is -0.480 e. The number of aryl methyl sites for hydroxylation is 1. The number of likely N-dealkylation sites (tertiary alicyclic amines) is 1. The minimum atomic E-state index is -1.24. The van der Waals surface area contributed by atoms with E-state index in [-0.39, 0.29) is 56.9 Å². The third-order valence-corrected chi connectivity index (χ3v) is 9.32. The first-order valence-electron chi connectivity index (χ1n) is 19.4. The van der Waals surface area contributed by atoms with Gasteiger partial charge in [-0.05, 0) is 37.7 Å². The molecule has 0 saturated carbocycles. The van der Waals surface area contributed by atoms with E-state index < -0.39 is 66.2 Å². The molecule has 20 nitrogen and oxygen atoms in total. The van der Waals surface area contributed by atoms with Crippen molar-refractivity contribution in [3.05, 3.63) is 47.8 Å². The number of aromatic nitrogens is 3. The van der Waals surface area contributed by atoms with E-state index in [2.05, 4.69) is 49.2 Å². The molecule has 0 radical (unpaired) electrons. The van der Waals surface area contributed by atoms with Gasteiger partial charge in [-0.1, -0.05) is 42.5 Å². The first-order valence-corrected chi connectivity index (χ1v) is 20.0. The predicted octanol–water partition coefficient (Wildman–Crippen LogP) is -1.47. The topological polar surface area (TPSA) is 288 Å². The summed E-state index contributed by atoms with van der Waals surface area (Å²) in [5, 5.41) is 28.2. The van der Waals surface area contributed by atoms with Crippen LogP contribution in [-0.2, 0) is 57.6 Å². The first kappa shape index (κ1) is 47.1. The number of carboxylic acid groups (broad SMARTS) is 1. The van der Waals surface area contributed by atoms with Crippen molar-refractivity contribution >= 4 is 54.1 Å². The Morgan fingerprint density at radius 3 is 2.41 bits per heavy atom. The van der Waals surface area contributed by atoms with Crippen molar-refractivity contribution in [3.63, 3.8) is 0 Å². The number of carbonyl (C=O) groups is 6. The lowest BCUT2D eigenvalue weighted by atomic mass is 10.0. The second-order valence-electron chi connectivity index (χ2n) is 13.6. The molecule has 0 unspecified atom stereocenters. The molecule has 4 atom stereocenters. The van der Waals surface area contributed by atoms with Crippen molar-refractivity contribution in [3.8, 4) is 0 Å². The SMILES string of the molecule is CCCOCCOCCn1cc(CCC(=O)NCC(=O)N[C@@H](CS)C(=O)N[C@@H](Cc2ccccc2)C(=O)N2CCC[C@H]2C(=O)N[C@@H](CCCN=C(N)N)C(=O)O)nn1. The lowest BCUT2D eigenvalue weighted by Crippen LogP contribution is -2.58. The van der Waals surface area contributed by atoms with Gasteiger partial charge in [-0.2, -0.15) is 12.6 Å². The second-order valence-corrected chi connectivity index (χ2v) is 13.9. The number of nitrogens with one attached hydrogen (secondary N) is 4. The summed E-state index contributed by atoms with van der Waals surface area (Å²) in [4.78, 5) is 83.4. The average Bonchev–Trinajstić information content (AvgIpc) is 3.89. The van der Waals surface area contributed by atoms with Crippen LogP contribution in [0.3, 0.4) is 0 Å². The Labute approximate surface area is 343 Å². The van der Waals surface area contributed by atoms with Gasteiger partial charge in [-0.3, -0.25) is 29.0 Å². The van der Waals surface area contributed by atoms with Gasteiger partial charge in [0.05, 0.1) is 38.6 Å². The Bertz CT molecular complexity index is 1660. The molecule has 0 spiro atoms. The van der Waals surface area contributed by atoms with Crippen molar-refractivity contribution in [2.45, 2.75) is 89.0 Å². The molecule has 1 fully saturated rings. The number of benzene rings is 1. The molecule has 1 aromatic carbocycles. The Hall–Kier alpha value is -5.28. The van der Waals surface area contributed by atoms with Crippen molar-refractivity contribution < 1.29 is 43.3 Å². The largest absolute Gasteiger partial charge is 0.480 e. The van der Waals surface area contributed by atoms with Crippen molar-refractivity contribution in [1.29, 1.82) is 0 Å². The number of carboxylic acids is 1.